The first-order valence-electron chi connectivity index (χ1n) is 25.5. The van der Waals surface area contributed by atoms with Crippen molar-refractivity contribution in [2.24, 2.45) is 0 Å². The van der Waals surface area contributed by atoms with Gasteiger partial charge in [0.15, 0.2) is 0 Å². The lowest BCUT2D eigenvalue weighted by molar-refractivity contribution is 0.336. The van der Waals surface area contributed by atoms with Gasteiger partial charge in [0.2, 0.25) is 0 Å². The fourth-order valence-electron chi connectivity index (χ4n) is 14.2. The standard InChI is InChI=1S/C67H55I/c1-5-19-44(20-6-1)62-42-49(43-63(68-62)45-21-7-2-8-22-45)46-29-34-56-57(39-46)65(48-31-33-53-51-24-12-14-28-59(51)67(61(53)41-48)37-17-4-18-38-67)55-26-10-9-25-54(55)64(56)47-30-32-52-50-23-11-13-27-58(50)66(60(52)40-47)35-15-3-16-36-66/h1-2,5-14,19-34,39-40,42-43,48H,3-4,15-18,35-38,41H2. The van der Waals surface area contributed by atoms with E-state index in [2.05, 4.69) is 194 Å². The molecular weight excluding hydrogens is 932 g/mol. The third-order valence-electron chi connectivity index (χ3n) is 17.2. The highest BCUT2D eigenvalue weighted by molar-refractivity contribution is 14.2. The largest absolute Gasteiger partial charge is 0.0762 e. The van der Waals surface area contributed by atoms with Crippen molar-refractivity contribution in [3.05, 3.63) is 244 Å². The van der Waals surface area contributed by atoms with Gasteiger partial charge < -0.3 is 0 Å². The number of benzene rings is 8. The minimum atomic E-state index is -0.383. The van der Waals surface area contributed by atoms with E-state index in [9.17, 15) is 0 Å². The maximum absolute atomic E-state index is 2.65. The van der Waals surface area contributed by atoms with Crippen LogP contribution in [0.25, 0.3) is 58.5 Å². The monoisotopic (exact) mass is 986 g/mol. The second-order valence-corrected chi connectivity index (χ2v) is 23.4. The molecule has 8 aromatic carbocycles. The van der Waals surface area contributed by atoms with E-state index in [1.807, 2.05) is 0 Å². The Morgan fingerprint density at radius 2 is 1.03 bits per heavy atom. The second kappa shape index (κ2) is 16.2. The summed E-state index contributed by atoms with van der Waals surface area (Å²) in [5.41, 5.74) is 22.1. The van der Waals surface area contributed by atoms with Gasteiger partial charge in [-0.1, -0.05) is 235 Å². The van der Waals surface area contributed by atoms with E-state index in [1.165, 1.54) is 154 Å². The zero-order valence-electron chi connectivity index (χ0n) is 38.7. The van der Waals surface area contributed by atoms with Gasteiger partial charge in [0.05, 0.1) is 0 Å². The van der Waals surface area contributed by atoms with Crippen molar-refractivity contribution in [2.45, 2.75) is 87.4 Å². The highest BCUT2D eigenvalue weighted by Crippen LogP contribution is 2.60. The van der Waals surface area contributed by atoms with Crippen LogP contribution in [0.4, 0.5) is 0 Å². The average molecular weight is 987 g/mol. The van der Waals surface area contributed by atoms with Crippen LogP contribution in [-0.4, -0.2) is 3.51 Å². The maximum Gasteiger partial charge on any atom is 0.0215 e. The van der Waals surface area contributed by atoms with Gasteiger partial charge >= 0.3 is 0 Å². The molecule has 330 valence electrons. The fourth-order valence-corrected chi connectivity index (χ4v) is 17.1. The van der Waals surface area contributed by atoms with Crippen LogP contribution in [0.5, 0.6) is 0 Å². The summed E-state index contributed by atoms with van der Waals surface area (Å²) in [5.74, 6) is 0.256. The lowest BCUT2D eigenvalue weighted by Crippen LogP contribution is -2.30. The summed E-state index contributed by atoms with van der Waals surface area (Å²) in [6, 6.07) is 65.8. The molecule has 0 saturated heterocycles. The smallest absolute Gasteiger partial charge is 0.0215 e. The summed E-state index contributed by atoms with van der Waals surface area (Å²) in [7, 11) is 0. The molecule has 0 aromatic heterocycles. The van der Waals surface area contributed by atoms with Crippen LogP contribution in [-0.2, 0) is 10.8 Å². The van der Waals surface area contributed by atoms with E-state index in [-0.39, 0.29) is 37.5 Å². The normalized spacial score (nSPS) is 19.8. The molecule has 1 heteroatoms. The van der Waals surface area contributed by atoms with Gasteiger partial charge in [-0.05, 0) is 156 Å². The molecule has 0 N–H and O–H groups in total. The average Bonchev–Trinajstić information content (AvgIpc) is 3.83. The number of rotatable bonds is 5. The molecule has 8 aromatic rings. The van der Waals surface area contributed by atoms with Gasteiger partial charge in [0.25, 0.3) is 0 Å². The molecule has 1 heterocycles. The zero-order chi connectivity index (χ0) is 44.8. The Hall–Kier alpha value is -6.16. The summed E-state index contributed by atoms with van der Waals surface area (Å²) >= 11 is -0.383. The molecule has 2 saturated carbocycles. The molecule has 2 fully saturated rings. The summed E-state index contributed by atoms with van der Waals surface area (Å²) in [4.78, 5) is 0. The minimum absolute atomic E-state index is 0.0942. The predicted molar refractivity (Wildman–Crippen MR) is 298 cm³/mol. The van der Waals surface area contributed by atoms with Crippen LogP contribution in [0.1, 0.15) is 121 Å². The van der Waals surface area contributed by atoms with Gasteiger partial charge in [0.1, 0.15) is 0 Å². The van der Waals surface area contributed by atoms with Crippen LogP contribution in [0.15, 0.2) is 200 Å². The van der Waals surface area contributed by atoms with E-state index in [4.69, 9.17) is 0 Å². The first kappa shape index (κ1) is 40.9. The van der Waals surface area contributed by atoms with Crippen molar-refractivity contribution in [3.63, 3.8) is 0 Å². The van der Waals surface area contributed by atoms with Gasteiger partial charge in [-0.25, -0.2) is 0 Å². The molecule has 0 amide bonds. The second-order valence-electron chi connectivity index (χ2n) is 20.6. The van der Waals surface area contributed by atoms with Crippen LogP contribution >= 0.6 is 20.7 Å². The molecule has 14 rings (SSSR count). The summed E-state index contributed by atoms with van der Waals surface area (Å²) < 4.78 is 2.95. The van der Waals surface area contributed by atoms with Gasteiger partial charge in [-0.2, -0.15) is 0 Å². The van der Waals surface area contributed by atoms with E-state index in [0.717, 1.165) is 6.42 Å². The molecule has 2 spiro atoms. The lowest BCUT2D eigenvalue weighted by atomic mass is 9.64. The number of allylic oxidation sites excluding steroid dienone is 7. The molecular formula is C67H55I. The minimum Gasteiger partial charge on any atom is -0.0762 e. The number of hydrogen-bond acceptors (Lipinski definition) is 0. The number of fused-ring (bicyclic) bond motifs is 11. The van der Waals surface area contributed by atoms with Crippen molar-refractivity contribution in [1.82, 2.24) is 0 Å². The highest BCUT2D eigenvalue weighted by Gasteiger charge is 2.47. The van der Waals surface area contributed by atoms with E-state index >= 15 is 0 Å². The van der Waals surface area contributed by atoms with Crippen LogP contribution < -0.4 is 0 Å². The Balaban J connectivity index is 1.00. The van der Waals surface area contributed by atoms with E-state index in [1.54, 1.807) is 22.3 Å². The first-order chi connectivity index (χ1) is 33.7. The number of hydrogen-bond donors (Lipinski definition) is 0. The topological polar surface area (TPSA) is 0 Å². The first-order valence-corrected chi connectivity index (χ1v) is 27.6. The Kier molecular flexibility index (Phi) is 9.76. The van der Waals surface area contributed by atoms with E-state index < -0.39 is 0 Å². The van der Waals surface area contributed by atoms with Crippen molar-refractivity contribution >= 4 is 60.5 Å². The molecule has 6 aliphatic rings. The Morgan fingerprint density at radius 3 is 1.79 bits per heavy atom. The van der Waals surface area contributed by atoms with Gasteiger partial charge in [0, 0.05) is 23.8 Å². The molecule has 0 nitrogen and oxygen atoms in total. The number of halogens is 1. The molecule has 1 aliphatic heterocycles. The summed E-state index contributed by atoms with van der Waals surface area (Å²) in [5, 5.41) is 5.54. The molecule has 68 heavy (non-hydrogen) atoms. The third kappa shape index (κ3) is 6.27. The molecule has 0 radical (unpaired) electrons. The summed E-state index contributed by atoms with van der Waals surface area (Å²) in [6.07, 6.45) is 24.2. The van der Waals surface area contributed by atoms with Crippen LogP contribution in [0, 0.1) is 0 Å². The van der Waals surface area contributed by atoms with Crippen LogP contribution in [0.2, 0.25) is 0 Å². The summed E-state index contributed by atoms with van der Waals surface area (Å²) in [6.45, 7) is 0. The Morgan fingerprint density at radius 1 is 0.426 bits per heavy atom. The Labute approximate surface area is 411 Å². The van der Waals surface area contributed by atoms with Gasteiger partial charge in [-0.3, -0.25) is 0 Å². The quantitative estimate of drug-likeness (QED) is 0.119. The molecule has 1 unspecified atom stereocenters. The SMILES string of the molecule is C1=CC(c2c3ccccc3c(-c3ccc4c(c3)C3(CCCCC3)c3ccccc3-4)c3ccc(C4=CC(c5ccccc5)=IC(c5ccccc5)=C4)cc23)CC2=C1c1ccccc1C21CCCCC1. The molecule has 5 aliphatic carbocycles. The zero-order valence-corrected chi connectivity index (χ0v) is 40.9. The van der Waals surface area contributed by atoms with Crippen molar-refractivity contribution < 1.29 is 0 Å². The highest BCUT2D eigenvalue weighted by atomic mass is 127. The molecule has 1 atom stereocenters. The van der Waals surface area contributed by atoms with Crippen molar-refractivity contribution in [1.29, 1.82) is 0 Å². The maximum atomic E-state index is 2.65. The van der Waals surface area contributed by atoms with Crippen LogP contribution in [0.3, 0.4) is 0 Å². The predicted octanol–water partition coefficient (Wildman–Crippen LogP) is 18.2. The van der Waals surface area contributed by atoms with Crippen molar-refractivity contribution in [3.8, 4) is 22.3 Å². The lowest BCUT2D eigenvalue weighted by Gasteiger charge is -2.39. The van der Waals surface area contributed by atoms with Gasteiger partial charge in [-0.15, -0.1) is 0 Å². The fraction of sp³-hybridized carbons (Fsp3) is 0.209. The van der Waals surface area contributed by atoms with Crippen molar-refractivity contribution in [2.75, 3.05) is 0 Å². The Bertz CT molecular complexity index is 3480. The van der Waals surface area contributed by atoms with E-state index in [0.29, 0.717) is 0 Å². The molecule has 0 bridgehead atoms. The third-order valence-corrected chi connectivity index (χ3v) is 20.2.